The van der Waals surface area contributed by atoms with Crippen molar-refractivity contribution in [1.82, 2.24) is 14.4 Å². The Kier molecular flexibility index (Phi) is 4.11. The Morgan fingerprint density at radius 1 is 1.25 bits per heavy atom. The molecule has 3 heterocycles. The van der Waals surface area contributed by atoms with Gasteiger partial charge in [0.25, 0.3) is 5.91 Å². The minimum absolute atomic E-state index is 0.0787. The Bertz CT molecular complexity index is 683. The average Bonchev–Trinajstić information content (AvgIpc) is 3.06. The molecule has 0 spiro atoms. The zero-order valence-corrected chi connectivity index (χ0v) is 14.1. The summed E-state index contributed by atoms with van der Waals surface area (Å²) in [5.41, 5.74) is -0.339. The normalized spacial score (nSPS) is 26.8. The van der Waals surface area contributed by atoms with Crippen molar-refractivity contribution in [1.29, 1.82) is 0 Å². The predicted molar refractivity (Wildman–Crippen MR) is 86.4 cm³/mol. The highest BCUT2D eigenvalue weighted by molar-refractivity contribution is 5.93. The molecule has 2 saturated heterocycles. The molecule has 3 rings (SSSR count). The molecule has 0 bridgehead atoms. The quantitative estimate of drug-likeness (QED) is 0.868. The van der Waals surface area contributed by atoms with Gasteiger partial charge >= 0.3 is 5.97 Å². The van der Waals surface area contributed by atoms with Gasteiger partial charge in [-0.3, -0.25) is 14.4 Å². The van der Waals surface area contributed by atoms with Crippen molar-refractivity contribution in [3.63, 3.8) is 0 Å². The van der Waals surface area contributed by atoms with Crippen LogP contribution in [0, 0.1) is 11.3 Å². The lowest BCUT2D eigenvalue weighted by atomic mass is 9.75. The lowest BCUT2D eigenvalue weighted by Gasteiger charge is -2.29. The van der Waals surface area contributed by atoms with Gasteiger partial charge in [-0.25, -0.2) is 0 Å². The van der Waals surface area contributed by atoms with E-state index in [0.29, 0.717) is 38.2 Å². The zero-order valence-electron chi connectivity index (χ0n) is 14.1. The standard InChI is InChI=1S/C17H23N3O4/c1-12(21)20-10-13-9-19(15(22)14-5-3-7-18(14)2)8-4-6-17(13,11-20)16(23)24/h3,5,7,13H,4,6,8-11H2,1-2H3,(H,23,24)/t13-,17-/m0/s1. The summed E-state index contributed by atoms with van der Waals surface area (Å²) in [6, 6.07) is 3.59. The van der Waals surface area contributed by atoms with E-state index in [9.17, 15) is 19.5 Å². The van der Waals surface area contributed by atoms with E-state index in [4.69, 9.17) is 0 Å². The second kappa shape index (κ2) is 5.96. The van der Waals surface area contributed by atoms with Crippen LogP contribution in [-0.2, 0) is 16.6 Å². The van der Waals surface area contributed by atoms with Gasteiger partial charge in [-0.2, -0.15) is 0 Å². The van der Waals surface area contributed by atoms with E-state index in [1.165, 1.54) is 6.92 Å². The fourth-order valence-corrected chi connectivity index (χ4v) is 4.05. The van der Waals surface area contributed by atoms with E-state index in [-0.39, 0.29) is 24.3 Å². The van der Waals surface area contributed by atoms with E-state index in [0.717, 1.165) is 0 Å². The summed E-state index contributed by atoms with van der Waals surface area (Å²) in [5.74, 6) is -1.27. The highest BCUT2D eigenvalue weighted by Gasteiger charge is 2.54. The number of amides is 2. The van der Waals surface area contributed by atoms with Gasteiger partial charge in [0, 0.05) is 52.3 Å². The molecule has 0 aliphatic carbocycles. The third-order valence-corrected chi connectivity index (χ3v) is 5.51. The maximum atomic E-state index is 12.8. The summed E-state index contributed by atoms with van der Waals surface area (Å²) in [6.07, 6.45) is 2.94. The molecule has 0 saturated carbocycles. The van der Waals surface area contributed by atoms with Crippen LogP contribution in [0.1, 0.15) is 30.3 Å². The van der Waals surface area contributed by atoms with Crippen molar-refractivity contribution in [2.45, 2.75) is 19.8 Å². The summed E-state index contributed by atoms with van der Waals surface area (Å²) in [7, 11) is 1.82. The third-order valence-electron chi connectivity index (χ3n) is 5.51. The van der Waals surface area contributed by atoms with Crippen LogP contribution in [0.25, 0.3) is 0 Å². The van der Waals surface area contributed by atoms with Gasteiger partial charge in [0.15, 0.2) is 0 Å². The second-order valence-electron chi connectivity index (χ2n) is 6.92. The Morgan fingerprint density at radius 2 is 1.96 bits per heavy atom. The number of rotatable bonds is 2. The van der Waals surface area contributed by atoms with Crippen LogP contribution < -0.4 is 0 Å². The van der Waals surface area contributed by atoms with Gasteiger partial charge < -0.3 is 19.5 Å². The largest absolute Gasteiger partial charge is 0.481 e. The molecule has 2 fully saturated rings. The van der Waals surface area contributed by atoms with Crippen LogP contribution in [0.5, 0.6) is 0 Å². The maximum absolute atomic E-state index is 12.8. The predicted octanol–water partition coefficient (Wildman–Crippen LogP) is 0.810. The number of carbonyl (C=O) groups excluding carboxylic acids is 2. The monoisotopic (exact) mass is 333 g/mol. The number of aromatic nitrogens is 1. The first-order valence-electron chi connectivity index (χ1n) is 8.24. The van der Waals surface area contributed by atoms with Gasteiger partial charge in [-0.1, -0.05) is 0 Å². The molecule has 2 amide bonds. The van der Waals surface area contributed by atoms with E-state index >= 15 is 0 Å². The molecule has 0 radical (unpaired) electrons. The summed E-state index contributed by atoms with van der Waals surface area (Å²) >= 11 is 0. The number of likely N-dealkylation sites (tertiary alicyclic amines) is 2. The number of nitrogens with zero attached hydrogens (tertiary/aromatic N) is 3. The van der Waals surface area contributed by atoms with E-state index < -0.39 is 11.4 Å². The molecule has 1 aromatic rings. The molecule has 7 nitrogen and oxygen atoms in total. The fraction of sp³-hybridized carbons (Fsp3) is 0.588. The minimum atomic E-state index is -0.936. The fourth-order valence-electron chi connectivity index (χ4n) is 4.05. The van der Waals surface area contributed by atoms with Crippen LogP contribution in [0.15, 0.2) is 18.3 Å². The van der Waals surface area contributed by atoms with Crippen LogP contribution in [0.2, 0.25) is 0 Å². The number of aryl methyl sites for hydroxylation is 1. The number of carbonyl (C=O) groups is 3. The molecule has 7 heteroatoms. The van der Waals surface area contributed by atoms with Gasteiger partial charge in [-0.15, -0.1) is 0 Å². The molecule has 130 valence electrons. The first-order valence-corrected chi connectivity index (χ1v) is 8.24. The number of carboxylic acids is 1. The first-order chi connectivity index (χ1) is 11.3. The van der Waals surface area contributed by atoms with Gasteiger partial charge in [0.05, 0.1) is 5.41 Å². The average molecular weight is 333 g/mol. The molecule has 0 unspecified atom stereocenters. The lowest BCUT2D eigenvalue weighted by molar-refractivity contribution is -0.151. The van der Waals surface area contributed by atoms with Gasteiger partial charge in [0.1, 0.15) is 5.69 Å². The molecule has 2 atom stereocenters. The summed E-state index contributed by atoms with van der Waals surface area (Å²) in [4.78, 5) is 39.9. The SMILES string of the molecule is CC(=O)N1C[C@@H]2CN(C(=O)c3cccn3C)CCC[C@]2(C(=O)O)C1. The molecular formula is C17H23N3O4. The summed E-state index contributed by atoms with van der Waals surface area (Å²) < 4.78 is 1.77. The number of hydrogen-bond acceptors (Lipinski definition) is 3. The number of aliphatic carboxylic acids is 1. The van der Waals surface area contributed by atoms with Crippen molar-refractivity contribution in [3.05, 3.63) is 24.0 Å². The molecule has 1 N–H and O–H groups in total. The van der Waals surface area contributed by atoms with E-state index in [1.807, 2.05) is 19.3 Å². The van der Waals surface area contributed by atoms with Crippen molar-refractivity contribution in [3.8, 4) is 0 Å². The Labute approximate surface area is 140 Å². The second-order valence-corrected chi connectivity index (χ2v) is 6.92. The van der Waals surface area contributed by atoms with Gasteiger partial charge in [-0.05, 0) is 25.0 Å². The lowest BCUT2D eigenvalue weighted by Crippen LogP contribution is -2.42. The molecular weight excluding hydrogens is 310 g/mol. The van der Waals surface area contributed by atoms with Crippen LogP contribution in [0.3, 0.4) is 0 Å². The van der Waals surface area contributed by atoms with Crippen LogP contribution in [0.4, 0.5) is 0 Å². The van der Waals surface area contributed by atoms with E-state index in [2.05, 4.69) is 0 Å². The smallest absolute Gasteiger partial charge is 0.311 e. The maximum Gasteiger partial charge on any atom is 0.311 e. The third kappa shape index (κ3) is 2.57. The van der Waals surface area contributed by atoms with Crippen molar-refractivity contribution in [2.75, 3.05) is 26.2 Å². The highest BCUT2D eigenvalue weighted by Crippen LogP contribution is 2.43. The summed E-state index contributed by atoms with van der Waals surface area (Å²) in [5, 5.41) is 9.83. The van der Waals surface area contributed by atoms with Crippen molar-refractivity contribution in [2.24, 2.45) is 18.4 Å². The molecule has 2 aliphatic rings. The molecule has 1 aromatic heterocycles. The first kappa shape index (κ1) is 16.5. The summed E-state index contributed by atoms with van der Waals surface area (Å²) in [6.45, 7) is 3.04. The minimum Gasteiger partial charge on any atom is -0.481 e. The molecule has 2 aliphatic heterocycles. The Morgan fingerprint density at radius 3 is 2.54 bits per heavy atom. The highest BCUT2D eigenvalue weighted by atomic mass is 16.4. The number of hydrogen-bond donors (Lipinski definition) is 1. The topological polar surface area (TPSA) is 82.9 Å². The Hall–Kier alpha value is -2.31. The van der Waals surface area contributed by atoms with Crippen LogP contribution >= 0.6 is 0 Å². The number of carboxylic acid groups (broad SMARTS) is 1. The number of fused-ring (bicyclic) bond motifs is 1. The van der Waals surface area contributed by atoms with Crippen molar-refractivity contribution < 1.29 is 19.5 Å². The zero-order chi connectivity index (χ0) is 17.5. The van der Waals surface area contributed by atoms with E-state index in [1.54, 1.807) is 20.4 Å². The Balaban J connectivity index is 1.86. The molecule has 0 aromatic carbocycles. The van der Waals surface area contributed by atoms with Gasteiger partial charge in [0.2, 0.25) is 5.91 Å². The van der Waals surface area contributed by atoms with Crippen LogP contribution in [-0.4, -0.2) is 63.4 Å². The molecule has 24 heavy (non-hydrogen) atoms. The van der Waals surface area contributed by atoms with Crippen molar-refractivity contribution >= 4 is 17.8 Å².